The van der Waals surface area contributed by atoms with Crippen molar-refractivity contribution in [3.05, 3.63) is 0 Å². The van der Waals surface area contributed by atoms with Gasteiger partial charge in [0.1, 0.15) is 6.23 Å². The monoisotopic (exact) mass is 117 g/mol. The van der Waals surface area contributed by atoms with Crippen LogP contribution in [0.2, 0.25) is 0 Å². The summed E-state index contributed by atoms with van der Waals surface area (Å²) in [7, 11) is 0. The van der Waals surface area contributed by atoms with E-state index in [2.05, 4.69) is 5.32 Å². The summed E-state index contributed by atoms with van der Waals surface area (Å²) in [5.74, 6) is 0. The lowest BCUT2D eigenvalue weighted by atomic mass is 10.6. The highest BCUT2D eigenvalue weighted by molar-refractivity contribution is 5.46. The molecule has 3 heteroatoms. The van der Waals surface area contributed by atoms with Crippen LogP contribution >= 0.6 is 0 Å². The third-order valence-corrected chi connectivity index (χ3v) is 0.719. The van der Waals surface area contributed by atoms with E-state index in [1.165, 1.54) is 0 Å². The highest BCUT2D eigenvalue weighted by atomic mass is 16.5. The molecular weight excluding hydrogens is 106 g/mol. The first-order valence-corrected chi connectivity index (χ1v) is 2.62. The number of carbonyl (C=O) groups excluding carboxylic acids is 1. The second-order valence-corrected chi connectivity index (χ2v) is 1.38. The van der Waals surface area contributed by atoms with Crippen LogP contribution in [0.15, 0.2) is 0 Å². The molecule has 8 heavy (non-hydrogen) atoms. The van der Waals surface area contributed by atoms with Gasteiger partial charge in [0.05, 0.1) is 0 Å². The van der Waals surface area contributed by atoms with E-state index < -0.39 is 0 Å². The van der Waals surface area contributed by atoms with E-state index in [1.807, 2.05) is 6.92 Å². The molecule has 0 saturated heterocycles. The van der Waals surface area contributed by atoms with Crippen molar-refractivity contribution in [3.63, 3.8) is 0 Å². The number of hydrogen-bond acceptors (Lipinski definition) is 2. The lowest BCUT2D eigenvalue weighted by Gasteiger charge is -2.07. The van der Waals surface area contributed by atoms with Gasteiger partial charge in [-0.05, 0) is 13.8 Å². The average molecular weight is 117 g/mol. The summed E-state index contributed by atoms with van der Waals surface area (Å²) in [5.41, 5.74) is 0. The Kier molecular flexibility index (Phi) is 4.26. The van der Waals surface area contributed by atoms with Crippen LogP contribution in [-0.2, 0) is 9.53 Å². The minimum atomic E-state index is -0.155. The van der Waals surface area contributed by atoms with Crippen LogP contribution in [0.25, 0.3) is 0 Å². The Hall–Kier alpha value is -0.570. The Morgan fingerprint density at radius 1 is 1.88 bits per heavy atom. The Balaban J connectivity index is 3.03. The van der Waals surface area contributed by atoms with Crippen molar-refractivity contribution in [1.82, 2.24) is 5.32 Å². The van der Waals surface area contributed by atoms with Crippen LogP contribution in [0.5, 0.6) is 0 Å². The Morgan fingerprint density at radius 2 is 2.50 bits per heavy atom. The molecule has 0 saturated carbocycles. The maximum Gasteiger partial charge on any atom is 0.209 e. The van der Waals surface area contributed by atoms with Crippen molar-refractivity contribution in [2.45, 2.75) is 20.1 Å². The first kappa shape index (κ1) is 7.43. The van der Waals surface area contributed by atoms with Crippen molar-refractivity contribution >= 4 is 6.41 Å². The van der Waals surface area contributed by atoms with Crippen LogP contribution in [0.1, 0.15) is 13.8 Å². The van der Waals surface area contributed by atoms with Gasteiger partial charge in [-0.2, -0.15) is 0 Å². The maximum absolute atomic E-state index is 9.70. The van der Waals surface area contributed by atoms with Crippen molar-refractivity contribution in [3.8, 4) is 0 Å². The van der Waals surface area contributed by atoms with Crippen molar-refractivity contribution in [1.29, 1.82) is 0 Å². The van der Waals surface area contributed by atoms with Gasteiger partial charge in [0.25, 0.3) is 0 Å². The Bertz CT molecular complexity index is 65.4. The average Bonchev–Trinajstić information content (AvgIpc) is 1.68. The van der Waals surface area contributed by atoms with Gasteiger partial charge in [-0.1, -0.05) is 0 Å². The van der Waals surface area contributed by atoms with Crippen LogP contribution in [0.4, 0.5) is 0 Å². The normalized spacial score (nSPS) is 12.8. The first-order chi connectivity index (χ1) is 3.81. The SMILES string of the molecule is CCOC(C)NC=O. The van der Waals surface area contributed by atoms with Crippen molar-refractivity contribution in [2.75, 3.05) is 6.61 Å². The predicted octanol–water partition coefficient (Wildman–Crippen LogP) is 0.115. The second-order valence-electron chi connectivity index (χ2n) is 1.38. The molecule has 0 aromatic rings. The minimum Gasteiger partial charge on any atom is -0.359 e. The number of amides is 1. The number of hydrogen-bond donors (Lipinski definition) is 1. The second kappa shape index (κ2) is 4.59. The molecule has 0 aromatic heterocycles. The molecule has 0 aromatic carbocycles. The zero-order valence-electron chi connectivity index (χ0n) is 5.18. The molecule has 1 N–H and O–H groups in total. The van der Waals surface area contributed by atoms with Crippen LogP contribution in [0, 0.1) is 0 Å². The van der Waals surface area contributed by atoms with Gasteiger partial charge in [-0.25, -0.2) is 0 Å². The summed E-state index contributed by atoms with van der Waals surface area (Å²) in [4.78, 5) is 9.70. The van der Waals surface area contributed by atoms with Gasteiger partial charge in [0.15, 0.2) is 0 Å². The highest BCUT2D eigenvalue weighted by Gasteiger charge is 1.92. The number of nitrogens with one attached hydrogen (secondary N) is 1. The standard InChI is InChI=1S/C5H11NO2/c1-3-8-5(2)6-4-7/h4-5H,3H2,1-2H3,(H,6,7). The Labute approximate surface area is 49.0 Å². The van der Waals surface area contributed by atoms with Gasteiger partial charge in [-0.15, -0.1) is 0 Å². The summed E-state index contributed by atoms with van der Waals surface area (Å²) < 4.78 is 4.94. The van der Waals surface area contributed by atoms with Gasteiger partial charge < -0.3 is 10.1 Å². The number of carbonyl (C=O) groups is 1. The quantitative estimate of drug-likeness (QED) is 0.419. The summed E-state index contributed by atoms with van der Waals surface area (Å²) in [5, 5.41) is 2.44. The molecule has 0 aliphatic carbocycles. The van der Waals surface area contributed by atoms with E-state index in [-0.39, 0.29) is 6.23 Å². The topological polar surface area (TPSA) is 38.3 Å². The van der Waals surface area contributed by atoms with Gasteiger partial charge >= 0.3 is 0 Å². The van der Waals surface area contributed by atoms with E-state index in [0.29, 0.717) is 13.0 Å². The fourth-order valence-corrected chi connectivity index (χ4v) is 0.394. The molecule has 0 heterocycles. The summed E-state index contributed by atoms with van der Waals surface area (Å²) in [6.07, 6.45) is 0.470. The lowest BCUT2D eigenvalue weighted by molar-refractivity contribution is -0.113. The molecule has 0 aliphatic heterocycles. The zero-order valence-corrected chi connectivity index (χ0v) is 5.18. The maximum atomic E-state index is 9.70. The van der Waals surface area contributed by atoms with Crippen LogP contribution in [-0.4, -0.2) is 19.2 Å². The number of ether oxygens (including phenoxy) is 1. The zero-order chi connectivity index (χ0) is 6.41. The molecule has 0 radical (unpaired) electrons. The van der Waals surface area contributed by atoms with Gasteiger partial charge in [0, 0.05) is 6.61 Å². The molecule has 48 valence electrons. The smallest absolute Gasteiger partial charge is 0.209 e. The van der Waals surface area contributed by atoms with E-state index in [0.717, 1.165) is 0 Å². The molecule has 3 nitrogen and oxygen atoms in total. The molecule has 0 spiro atoms. The minimum absolute atomic E-state index is 0.155. The number of rotatable bonds is 4. The van der Waals surface area contributed by atoms with E-state index >= 15 is 0 Å². The molecular formula is C5H11NO2. The molecule has 0 aliphatic rings. The lowest BCUT2D eigenvalue weighted by Crippen LogP contribution is -2.26. The van der Waals surface area contributed by atoms with Crippen LogP contribution < -0.4 is 5.32 Å². The fourth-order valence-electron chi connectivity index (χ4n) is 0.394. The van der Waals surface area contributed by atoms with E-state index in [4.69, 9.17) is 4.74 Å². The predicted molar refractivity (Wildman–Crippen MR) is 30.3 cm³/mol. The summed E-state index contributed by atoms with van der Waals surface area (Å²) in [6.45, 7) is 4.28. The highest BCUT2D eigenvalue weighted by Crippen LogP contribution is 1.80. The van der Waals surface area contributed by atoms with Crippen LogP contribution in [0.3, 0.4) is 0 Å². The third-order valence-electron chi connectivity index (χ3n) is 0.719. The largest absolute Gasteiger partial charge is 0.359 e. The molecule has 0 fully saturated rings. The molecule has 1 amide bonds. The Morgan fingerprint density at radius 3 is 2.88 bits per heavy atom. The fraction of sp³-hybridized carbons (Fsp3) is 0.800. The van der Waals surface area contributed by atoms with Crippen molar-refractivity contribution < 1.29 is 9.53 Å². The van der Waals surface area contributed by atoms with Gasteiger partial charge in [0.2, 0.25) is 6.41 Å². The first-order valence-electron chi connectivity index (χ1n) is 2.62. The molecule has 1 unspecified atom stereocenters. The molecule has 0 bridgehead atoms. The van der Waals surface area contributed by atoms with E-state index in [9.17, 15) is 4.79 Å². The van der Waals surface area contributed by atoms with E-state index in [1.54, 1.807) is 6.92 Å². The third kappa shape index (κ3) is 3.61. The van der Waals surface area contributed by atoms with Crippen molar-refractivity contribution in [2.24, 2.45) is 0 Å². The summed E-state index contributed by atoms with van der Waals surface area (Å²) in [6, 6.07) is 0. The molecule has 1 atom stereocenters. The van der Waals surface area contributed by atoms with Gasteiger partial charge in [-0.3, -0.25) is 4.79 Å². The molecule has 0 rings (SSSR count). The summed E-state index contributed by atoms with van der Waals surface area (Å²) >= 11 is 0.